The number of halogens is 4. The summed E-state index contributed by atoms with van der Waals surface area (Å²) in [6.45, 7) is 1.93. The molecule has 0 fully saturated rings. The van der Waals surface area contributed by atoms with Gasteiger partial charge in [-0.3, -0.25) is 4.79 Å². The van der Waals surface area contributed by atoms with Crippen molar-refractivity contribution in [2.24, 2.45) is 0 Å². The van der Waals surface area contributed by atoms with Gasteiger partial charge in [-0.25, -0.2) is 0 Å². The Morgan fingerprint density at radius 1 is 1.24 bits per heavy atom. The second kappa shape index (κ2) is 7.31. The van der Waals surface area contributed by atoms with E-state index in [0.29, 0.717) is 19.2 Å². The third-order valence-electron chi connectivity index (χ3n) is 2.96. The summed E-state index contributed by atoms with van der Waals surface area (Å²) in [7, 11) is 0. The van der Waals surface area contributed by atoms with Crippen molar-refractivity contribution < 1.29 is 4.79 Å². The van der Waals surface area contributed by atoms with Crippen LogP contribution in [0.1, 0.15) is 28.9 Å². The first-order valence-electron chi connectivity index (χ1n) is 6.09. The average Bonchev–Trinajstić information content (AvgIpc) is 2.43. The van der Waals surface area contributed by atoms with Crippen molar-refractivity contribution in [3.63, 3.8) is 0 Å². The number of amides is 1. The Morgan fingerprint density at radius 3 is 2.48 bits per heavy atom. The fraction of sp³-hybridized carbons (Fsp3) is 0.133. The molecule has 0 spiro atoms. The number of hydrogen-bond acceptors (Lipinski definition) is 1. The van der Waals surface area contributed by atoms with Crippen molar-refractivity contribution in [3.8, 4) is 0 Å². The van der Waals surface area contributed by atoms with Crippen LogP contribution < -0.4 is 5.32 Å². The fourth-order valence-corrected chi connectivity index (χ4v) is 3.14. The largest absolute Gasteiger partial charge is 0.345 e. The predicted molar refractivity (Wildman–Crippen MR) is 99.2 cm³/mol. The topological polar surface area (TPSA) is 29.1 Å². The molecule has 0 aliphatic heterocycles. The fourth-order valence-electron chi connectivity index (χ4n) is 1.83. The average molecular weight is 499 g/mol. The Bertz CT molecular complexity index is 676. The van der Waals surface area contributed by atoms with E-state index in [2.05, 4.69) is 21.2 Å². The van der Waals surface area contributed by atoms with Crippen LogP contribution in [0, 0.1) is 3.57 Å². The number of nitrogens with one attached hydrogen (secondary N) is 1. The molecule has 110 valence electrons. The van der Waals surface area contributed by atoms with Crippen LogP contribution in [-0.4, -0.2) is 5.91 Å². The van der Waals surface area contributed by atoms with Gasteiger partial charge in [0.05, 0.1) is 16.6 Å². The Morgan fingerprint density at radius 2 is 1.86 bits per heavy atom. The molecule has 0 radical (unpaired) electrons. The molecule has 21 heavy (non-hydrogen) atoms. The molecule has 2 nitrogen and oxygen atoms in total. The summed E-state index contributed by atoms with van der Waals surface area (Å²) in [5.41, 5.74) is 1.51. The second-order valence-corrected chi connectivity index (χ2v) is 7.33. The minimum atomic E-state index is -0.195. The van der Waals surface area contributed by atoms with Crippen LogP contribution in [0.4, 0.5) is 0 Å². The van der Waals surface area contributed by atoms with Gasteiger partial charge in [0.2, 0.25) is 0 Å². The van der Waals surface area contributed by atoms with Crippen LogP contribution in [0.3, 0.4) is 0 Å². The zero-order valence-corrected chi connectivity index (χ0v) is 16.2. The van der Waals surface area contributed by atoms with E-state index in [9.17, 15) is 4.79 Å². The summed E-state index contributed by atoms with van der Waals surface area (Å²) in [4.78, 5) is 12.4. The first-order valence-corrected chi connectivity index (χ1v) is 8.72. The molecule has 0 saturated heterocycles. The van der Waals surface area contributed by atoms with Gasteiger partial charge in [-0.05, 0) is 59.3 Å². The number of rotatable bonds is 3. The van der Waals surface area contributed by atoms with Gasteiger partial charge in [-0.2, -0.15) is 0 Å². The summed E-state index contributed by atoms with van der Waals surface area (Å²) in [5.74, 6) is -0.195. The summed E-state index contributed by atoms with van der Waals surface area (Å²) in [5, 5.41) is 3.87. The smallest absolute Gasteiger partial charge is 0.252 e. The van der Waals surface area contributed by atoms with Crippen LogP contribution in [0.15, 0.2) is 40.9 Å². The highest BCUT2D eigenvalue weighted by molar-refractivity contribution is 14.1. The van der Waals surface area contributed by atoms with E-state index in [-0.39, 0.29) is 11.9 Å². The molecule has 0 aliphatic rings. The maximum Gasteiger partial charge on any atom is 0.252 e. The van der Waals surface area contributed by atoms with Gasteiger partial charge in [-0.1, -0.05) is 51.3 Å². The zero-order valence-electron chi connectivity index (χ0n) is 11.0. The third kappa shape index (κ3) is 4.34. The van der Waals surface area contributed by atoms with E-state index in [1.54, 1.807) is 12.1 Å². The predicted octanol–water partition coefficient (Wildman–Crippen LogP) is 5.85. The lowest BCUT2D eigenvalue weighted by Gasteiger charge is -2.15. The highest BCUT2D eigenvalue weighted by atomic mass is 127. The van der Waals surface area contributed by atoms with Gasteiger partial charge in [0.15, 0.2) is 0 Å². The molecular weight excluding hydrogens is 488 g/mol. The van der Waals surface area contributed by atoms with Crippen molar-refractivity contribution in [2.75, 3.05) is 0 Å². The van der Waals surface area contributed by atoms with E-state index in [4.69, 9.17) is 23.2 Å². The van der Waals surface area contributed by atoms with E-state index >= 15 is 0 Å². The maximum atomic E-state index is 12.4. The molecule has 0 aliphatic carbocycles. The summed E-state index contributed by atoms with van der Waals surface area (Å²) < 4.78 is 1.69. The van der Waals surface area contributed by atoms with Gasteiger partial charge >= 0.3 is 0 Å². The highest BCUT2D eigenvalue weighted by Crippen LogP contribution is 2.27. The number of benzene rings is 2. The lowest BCUT2D eigenvalue weighted by Crippen LogP contribution is -2.27. The molecule has 1 atom stereocenters. The second-order valence-electron chi connectivity index (χ2n) is 4.50. The quantitative estimate of drug-likeness (QED) is 0.417. The van der Waals surface area contributed by atoms with Crippen molar-refractivity contribution in [1.29, 1.82) is 0 Å². The number of carbonyl (C=O) groups excluding carboxylic acids is 1. The van der Waals surface area contributed by atoms with Gasteiger partial charge in [0.25, 0.3) is 5.91 Å². The Kier molecular flexibility index (Phi) is 5.94. The molecule has 0 saturated carbocycles. The van der Waals surface area contributed by atoms with Gasteiger partial charge in [-0.15, -0.1) is 0 Å². The molecule has 6 heteroatoms. The van der Waals surface area contributed by atoms with Crippen LogP contribution in [0.5, 0.6) is 0 Å². The van der Waals surface area contributed by atoms with E-state index in [1.165, 1.54) is 0 Å². The standard InChI is InChI=1S/C15H11BrCl2INO/c1-8(9-2-4-10(16)5-3-9)20-15(21)12-6-11(17)7-13(18)14(12)19/h2-8H,1H3,(H,20,21)/t8-/m1/s1. The molecule has 2 aromatic rings. The molecule has 0 aromatic heterocycles. The van der Waals surface area contributed by atoms with E-state index in [0.717, 1.165) is 10.0 Å². The number of carbonyl (C=O) groups is 1. The van der Waals surface area contributed by atoms with Crippen molar-refractivity contribution in [3.05, 3.63) is 65.6 Å². The highest BCUT2D eigenvalue weighted by Gasteiger charge is 2.16. The summed E-state index contributed by atoms with van der Waals surface area (Å²) in [6, 6.07) is 10.9. The van der Waals surface area contributed by atoms with Crippen molar-refractivity contribution in [2.45, 2.75) is 13.0 Å². The molecule has 0 bridgehead atoms. The van der Waals surface area contributed by atoms with Gasteiger partial charge in [0, 0.05) is 13.1 Å². The maximum absolute atomic E-state index is 12.4. The molecular formula is C15H11BrCl2INO. The number of hydrogen-bond donors (Lipinski definition) is 1. The van der Waals surface area contributed by atoms with E-state index in [1.807, 2.05) is 53.8 Å². The van der Waals surface area contributed by atoms with Crippen LogP contribution in [0.2, 0.25) is 10.0 Å². The van der Waals surface area contributed by atoms with Crippen molar-refractivity contribution in [1.82, 2.24) is 5.32 Å². The van der Waals surface area contributed by atoms with Crippen molar-refractivity contribution >= 4 is 67.6 Å². The first kappa shape index (κ1) is 17.1. The molecule has 2 aromatic carbocycles. The molecule has 0 unspecified atom stereocenters. The molecule has 2 rings (SSSR count). The van der Waals surface area contributed by atoms with E-state index < -0.39 is 0 Å². The Hall–Kier alpha value is -0.300. The SMILES string of the molecule is C[C@@H](NC(=O)c1cc(Cl)cc(Cl)c1I)c1ccc(Br)cc1. The Balaban J connectivity index is 2.20. The molecule has 0 heterocycles. The lowest BCUT2D eigenvalue weighted by molar-refractivity contribution is 0.0939. The van der Waals surface area contributed by atoms with Crippen LogP contribution in [-0.2, 0) is 0 Å². The Labute approximate surface area is 155 Å². The molecule has 1 amide bonds. The monoisotopic (exact) mass is 497 g/mol. The molecule has 1 N–H and O–H groups in total. The van der Waals surface area contributed by atoms with Gasteiger partial charge in [0.1, 0.15) is 0 Å². The normalized spacial score (nSPS) is 12.0. The summed E-state index contributed by atoms with van der Waals surface area (Å²) in [6.07, 6.45) is 0. The third-order valence-corrected chi connectivity index (χ3v) is 5.48. The minimum Gasteiger partial charge on any atom is -0.345 e. The minimum absolute atomic E-state index is 0.112. The lowest BCUT2D eigenvalue weighted by atomic mass is 10.1. The summed E-state index contributed by atoms with van der Waals surface area (Å²) >= 11 is 17.5. The zero-order chi connectivity index (χ0) is 15.6. The first-order chi connectivity index (χ1) is 9.88. The van der Waals surface area contributed by atoms with Crippen LogP contribution >= 0.6 is 61.7 Å². The van der Waals surface area contributed by atoms with Crippen LogP contribution in [0.25, 0.3) is 0 Å². The van der Waals surface area contributed by atoms with Gasteiger partial charge < -0.3 is 5.32 Å².